The molecule has 1 aromatic rings. The van der Waals surface area contributed by atoms with E-state index in [1.54, 1.807) is 13.0 Å². The van der Waals surface area contributed by atoms with Crippen LogP contribution in [0.2, 0.25) is 0 Å². The number of benzene rings is 1. The maximum absolute atomic E-state index is 13.0. The van der Waals surface area contributed by atoms with Gasteiger partial charge in [-0.05, 0) is 37.1 Å². The quantitative estimate of drug-likeness (QED) is 0.778. The number of halogens is 1. The van der Waals surface area contributed by atoms with Crippen LogP contribution in [-0.2, 0) is 0 Å². The van der Waals surface area contributed by atoms with E-state index in [9.17, 15) is 4.39 Å². The van der Waals surface area contributed by atoms with Gasteiger partial charge in [-0.1, -0.05) is 13.5 Å². The molecule has 1 rings (SSSR count). The van der Waals surface area contributed by atoms with Crippen LogP contribution in [0.4, 0.5) is 4.39 Å². The smallest absolute Gasteiger partial charge is 0.124 e. The number of hydrogen-bond donors (Lipinski definition) is 1. The summed E-state index contributed by atoms with van der Waals surface area (Å²) in [6.07, 6.45) is 0.870. The zero-order valence-corrected chi connectivity index (χ0v) is 9.79. The second kappa shape index (κ2) is 5.66. The molecule has 16 heavy (non-hydrogen) atoms. The van der Waals surface area contributed by atoms with Gasteiger partial charge in [0, 0.05) is 11.6 Å². The Morgan fingerprint density at radius 2 is 2.25 bits per heavy atom. The minimum atomic E-state index is -0.297. The van der Waals surface area contributed by atoms with Crippen molar-refractivity contribution in [3.05, 3.63) is 41.7 Å². The fourth-order valence-electron chi connectivity index (χ4n) is 1.29. The molecular formula is C13H18FNO. The van der Waals surface area contributed by atoms with Crippen molar-refractivity contribution in [2.75, 3.05) is 6.61 Å². The van der Waals surface area contributed by atoms with Crippen molar-refractivity contribution in [2.24, 2.45) is 5.73 Å². The molecule has 0 aliphatic carbocycles. The van der Waals surface area contributed by atoms with Crippen molar-refractivity contribution in [3.63, 3.8) is 0 Å². The summed E-state index contributed by atoms with van der Waals surface area (Å²) in [6.45, 7) is 8.11. The molecule has 0 aliphatic heterocycles. The molecule has 0 amide bonds. The lowest BCUT2D eigenvalue weighted by Crippen LogP contribution is -2.09. The van der Waals surface area contributed by atoms with E-state index in [1.165, 1.54) is 12.1 Å². The normalized spacial score (nSPS) is 12.2. The second-order valence-electron chi connectivity index (χ2n) is 3.86. The van der Waals surface area contributed by atoms with E-state index in [0.717, 1.165) is 12.0 Å². The molecule has 0 saturated heterocycles. The first kappa shape index (κ1) is 12.7. The Kier molecular flexibility index (Phi) is 4.50. The molecule has 0 radical (unpaired) electrons. The lowest BCUT2D eigenvalue weighted by atomic mass is 10.1. The Balaban J connectivity index is 2.82. The molecule has 0 spiro atoms. The van der Waals surface area contributed by atoms with Crippen molar-refractivity contribution in [1.29, 1.82) is 0 Å². The Bertz CT molecular complexity index is 374. The van der Waals surface area contributed by atoms with Crippen LogP contribution >= 0.6 is 0 Å². The molecule has 0 unspecified atom stereocenters. The van der Waals surface area contributed by atoms with Crippen LogP contribution in [0.1, 0.15) is 31.9 Å². The lowest BCUT2D eigenvalue weighted by Gasteiger charge is -2.14. The van der Waals surface area contributed by atoms with Crippen LogP contribution in [0.3, 0.4) is 0 Å². The van der Waals surface area contributed by atoms with Crippen molar-refractivity contribution in [1.82, 2.24) is 0 Å². The van der Waals surface area contributed by atoms with Gasteiger partial charge >= 0.3 is 0 Å². The number of hydrogen-bond acceptors (Lipinski definition) is 2. The van der Waals surface area contributed by atoms with Crippen LogP contribution < -0.4 is 10.5 Å². The summed E-state index contributed by atoms with van der Waals surface area (Å²) in [6, 6.07) is 4.14. The molecule has 0 heterocycles. The fourth-order valence-corrected chi connectivity index (χ4v) is 1.29. The largest absolute Gasteiger partial charge is 0.489 e. The first-order valence-electron chi connectivity index (χ1n) is 5.39. The summed E-state index contributed by atoms with van der Waals surface area (Å²) in [4.78, 5) is 0. The summed E-state index contributed by atoms with van der Waals surface area (Å²) >= 11 is 0. The highest BCUT2D eigenvalue weighted by Crippen LogP contribution is 2.25. The van der Waals surface area contributed by atoms with Crippen molar-refractivity contribution >= 4 is 0 Å². The molecule has 2 nitrogen and oxygen atoms in total. The maximum Gasteiger partial charge on any atom is 0.124 e. The topological polar surface area (TPSA) is 35.2 Å². The molecule has 1 atom stereocenters. The maximum atomic E-state index is 13.0. The minimum Gasteiger partial charge on any atom is -0.489 e. The highest BCUT2D eigenvalue weighted by molar-refractivity contribution is 5.36. The molecular weight excluding hydrogens is 205 g/mol. The first-order chi connectivity index (χ1) is 7.54. The van der Waals surface area contributed by atoms with E-state index in [-0.39, 0.29) is 11.9 Å². The molecule has 2 N–H and O–H groups in total. The van der Waals surface area contributed by atoms with Gasteiger partial charge in [-0.15, -0.1) is 0 Å². The van der Waals surface area contributed by atoms with Gasteiger partial charge in [0.25, 0.3) is 0 Å². The Morgan fingerprint density at radius 1 is 1.56 bits per heavy atom. The van der Waals surface area contributed by atoms with Crippen LogP contribution in [0.15, 0.2) is 30.4 Å². The Labute approximate surface area is 95.9 Å². The van der Waals surface area contributed by atoms with Gasteiger partial charge < -0.3 is 10.5 Å². The van der Waals surface area contributed by atoms with Crippen molar-refractivity contribution in [2.45, 2.75) is 26.3 Å². The average Bonchev–Trinajstić information content (AvgIpc) is 2.26. The monoisotopic (exact) mass is 223 g/mol. The van der Waals surface area contributed by atoms with E-state index in [2.05, 4.69) is 6.58 Å². The molecule has 0 fully saturated rings. The summed E-state index contributed by atoms with van der Waals surface area (Å²) in [5.41, 5.74) is 7.44. The first-order valence-corrected chi connectivity index (χ1v) is 5.39. The average molecular weight is 223 g/mol. The molecule has 0 bridgehead atoms. The zero-order valence-electron chi connectivity index (χ0n) is 9.79. The third kappa shape index (κ3) is 3.35. The zero-order chi connectivity index (χ0) is 12.1. The molecule has 0 aromatic heterocycles. The van der Waals surface area contributed by atoms with Gasteiger partial charge in [-0.25, -0.2) is 4.39 Å². The van der Waals surface area contributed by atoms with Crippen LogP contribution in [0.25, 0.3) is 0 Å². The summed E-state index contributed by atoms with van der Waals surface area (Å²) in [7, 11) is 0. The molecule has 0 aliphatic rings. The Morgan fingerprint density at radius 3 is 2.81 bits per heavy atom. The van der Waals surface area contributed by atoms with Crippen molar-refractivity contribution < 1.29 is 9.13 Å². The molecule has 1 aromatic carbocycles. The highest BCUT2D eigenvalue weighted by atomic mass is 19.1. The number of ether oxygens (including phenoxy) is 1. The minimum absolute atomic E-state index is 0.249. The SMILES string of the molecule is C=C(CC)COc1ccc(F)cc1[C@H](C)N. The number of nitrogens with two attached hydrogens (primary N) is 1. The molecule has 88 valence electrons. The van der Waals surface area contributed by atoms with E-state index in [4.69, 9.17) is 10.5 Å². The third-order valence-corrected chi connectivity index (χ3v) is 2.39. The van der Waals surface area contributed by atoms with E-state index in [1.807, 2.05) is 6.92 Å². The van der Waals surface area contributed by atoms with E-state index < -0.39 is 0 Å². The summed E-state index contributed by atoms with van der Waals surface area (Å²) in [5.74, 6) is 0.333. The van der Waals surface area contributed by atoms with Crippen LogP contribution in [0, 0.1) is 5.82 Å². The van der Waals surface area contributed by atoms with Gasteiger partial charge in [0.2, 0.25) is 0 Å². The van der Waals surface area contributed by atoms with Gasteiger partial charge in [0.15, 0.2) is 0 Å². The predicted molar refractivity (Wildman–Crippen MR) is 63.9 cm³/mol. The van der Waals surface area contributed by atoms with Crippen LogP contribution in [-0.4, -0.2) is 6.61 Å². The van der Waals surface area contributed by atoms with Crippen molar-refractivity contribution in [3.8, 4) is 5.75 Å². The summed E-state index contributed by atoms with van der Waals surface area (Å²) in [5, 5.41) is 0. The fraction of sp³-hybridized carbons (Fsp3) is 0.385. The molecule has 3 heteroatoms. The van der Waals surface area contributed by atoms with Gasteiger partial charge in [0.05, 0.1) is 0 Å². The summed E-state index contributed by atoms with van der Waals surface area (Å²) < 4.78 is 18.6. The lowest BCUT2D eigenvalue weighted by molar-refractivity contribution is 0.342. The standard InChI is InChI=1S/C13H18FNO/c1-4-9(2)8-16-13-6-5-11(14)7-12(13)10(3)15/h5-7,10H,2,4,8,15H2,1,3H3/t10-/m0/s1. The second-order valence-corrected chi connectivity index (χ2v) is 3.86. The predicted octanol–water partition coefficient (Wildman–Crippen LogP) is 3.19. The van der Waals surface area contributed by atoms with Crippen LogP contribution in [0.5, 0.6) is 5.75 Å². The van der Waals surface area contributed by atoms with Gasteiger partial charge in [0.1, 0.15) is 18.2 Å². The van der Waals surface area contributed by atoms with Gasteiger partial charge in [-0.3, -0.25) is 0 Å². The Hall–Kier alpha value is -1.35. The van der Waals surface area contributed by atoms with E-state index >= 15 is 0 Å². The van der Waals surface area contributed by atoms with Gasteiger partial charge in [-0.2, -0.15) is 0 Å². The third-order valence-electron chi connectivity index (χ3n) is 2.39. The number of rotatable bonds is 5. The molecule has 0 saturated carbocycles. The van der Waals surface area contributed by atoms with E-state index in [0.29, 0.717) is 17.9 Å². The highest BCUT2D eigenvalue weighted by Gasteiger charge is 2.09.